The second-order valence-corrected chi connectivity index (χ2v) is 15.9. The highest BCUT2D eigenvalue weighted by Gasteiger charge is 2.22. The maximum absolute atomic E-state index is 6.79. The van der Waals surface area contributed by atoms with Gasteiger partial charge in [-0.25, -0.2) is 4.98 Å². The molecule has 0 saturated heterocycles. The molecule has 12 rings (SSSR count). The van der Waals surface area contributed by atoms with E-state index in [1.54, 1.807) is 0 Å². The van der Waals surface area contributed by atoms with Gasteiger partial charge in [-0.2, -0.15) is 0 Å². The number of rotatable bonds is 7. The van der Waals surface area contributed by atoms with Crippen molar-refractivity contribution in [1.29, 1.82) is 0 Å². The predicted molar refractivity (Wildman–Crippen MR) is 259 cm³/mol. The van der Waals surface area contributed by atoms with Crippen molar-refractivity contribution in [3.05, 3.63) is 224 Å². The highest BCUT2D eigenvalue weighted by Crippen LogP contribution is 2.46. The van der Waals surface area contributed by atoms with Crippen LogP contribution in [0.15, 0.2) is 223 Å². The molecular formula is C58H39N3O. The number of furan rings is 1. The van der Waals surface area contributed by atoms with E-state index in [-0.39, 0.29) is 0 Å². The summed E-state index contributed by atoms with van der Waals surface area (Å²) in [7, 11) is 0. The van der Waals surface area contributed by atoms with Crippen molar-refractivity contribution >= 4 is 71.6 Å². The van der Waals surface area contributed by atoms with E-state index in [1.165, 1.54) is 32.9 Å². The first kappa shape index (κ1) is 35.7. The van der Waals surface area contributed by atoms with Crippen molar-refractivity contribution in [1.82, 2.24) is 9.55 Å². The second-order valence-electron chi connectivity index (χ2n) is 15.9. The lowest BCUT2D eigenvalue weighted by Crippen LogP contribution is -2.10. The van der Waals surface area contributed by atoms with E-state index in [4.69, 9.17) is 9.40 Å². The molecular weight excluding hydrogens is 755 g/mol. The van der Waals surface area contributed by atoms with Gasteiger partial charge in [-0.15, -0.1) is 0 Å². The minimum Gasteiger partial charge on any atom is -0.455 e. The third-order valence-corrected chi connectivity index (χ3v) is 12.4. The Balaban J connectivity index is 1.05. The van der Waals surface area contributed by atoms with Crippen LogP contribution < -0.4 is 4.90 Å². The van der Waals surface area contributed by atoms with Crippen molar-refractivity contribution < 1.29 is 4.42 Å². The zero-order valence-electron chi connectivity index (χ0n) is 34.0. The molecule has 3 aromatic heterocycles. The Labute approximate surface area is 359 Å². The monoisotopic (exact) mass is 793 g/mol. The molecule has 4 heteroatoms. The molecule has 12 aromatic rings. The molecule has 292 valence electrons. The topological polar surface area (TPSA) is 34.2 Å². The van der Waals surface area contributed by atoms with Crippen LogP contribution in [0.1, 0.15) is 5.56 Å². The summed E-state index contributed by atoms with van der Waals surface area (Å²) in [5.74, 6) is 0. The number of pyridine rings is 1. The third kappa shape index (κ3) is 5.80. The summed E-state index contributed by atoms with van der Waals surface area (Å²) in [6.07, 6.45) is 0. The Bertz CT molecular complexity index is 3510. The van der Waals surface area contributed by atoms with Gasteiger partial charge in [-0.3, -0.25) is 0 Å². The Morgan fingerprint density at radius 1 is 0.435 bits per heavy atom. The van der Waals surface area contributed by atoms with E-state index in [0.29, 0.717) is 0 Å². The zero-order valence-corrected chi connectivity index (χ0v) is 34.0. The van der Waals surface area contributed by atoms with E-state index in [9.17, 15) is 0 Å². The SMILES string of the molecule is Cc1c(-c2ccccc2)cc(-c2ccc3oc4c5ccccc5c(N(c5ccccc5)c5ccc(-n6c7ccccc7c7ccccc76)cc5)cc4c3c2)nc1-c1ccccc1. The van der Waals surface area contributed by atoms with Gasteiger partial charge in [0.25, 0.3) is 0 Å². The molecule has 0 unspecified atom stereocenters. The zero-order chi connectivity index (χ0) is 41.1. The molecule has 0 radical (unpaired) electrons. The van der Waals surface area contributed by atoms with Gasteiger partial charge in [-0.1, -0.05) is 140 Å². The molecule has 4 nitrogen and oxygen atoms in total. The molecule has 62 heavy (non-hydrogen) atoms. The smallest absolute Gasteiger partial charge is 0.143 e. The summed E-state index contributed by atoms with van der Waals surface area (Å²) in [5.41, 5.74) is 15.9. The minimum atomic E-state index is 0.839. The van der Waals surface area contributed by atoms with Gasteiger partial charge in [0.2, 0.25) is 0 Å². The van der Waals surface area contributed by atoms with Gasteiger partial charge in [-0.05, 0) is 102 Å². The van der Waals surface area contributed by atoms with Gasteiger partial charge < -0.3 is 13.9 Å². The number of hydrogen-bond acceptors (Lipinski definition) is 3. The summed E-state index contributed by atoms with van der Waals surface area (Å²) in [5, 5.41) is 6.77. The molecule has 0 N–H and O–H groups in total. The summed E-state index contributed by atoms with van der Waals surface area (Å²) in [6, 6.07) is 77.7. The van der Waals surface area contributed by atoms with Crippen LogP contribution >= 0.6 is 0 Å². The van der Waals surface area contributed by atoms with Crippen molar-refractivity contribution in [2.75, 3.05) is 4.90 Å². The lowest BCUT2D eigenvalue weighted by Gasteiger charge is -2.27. The van der Waals surface area contributed by atoms with Gasteiger partial charge >= 0.3 is 0 Å². The van der Waals surface area contributed by atoms with Crippen molar-refractivity contribution in [2.24, 2.45) is 0 Å². The molecule has 9 aromatic carbocycles. The largest absolute Gasteiger partial charge is 0.455 e. The van der Waals surface area contributed by atoms with E-state index in [1.807, 2.05) is 0 Å². The standard InChI is InChI=1S/C58H39N3O/c1-38-49(39-17-5-2-6-18-39)36-52(59-57(38)40-19-7-3-8-20-40)41-29-34-56-50(35-41)51-37-55(47-25-11-12-26-48(47)58(51)62-56)60(42-21-9-4-10-22-42)43-30-32-44(33-31-43)61-53-27-15-13-23-45(53)46-24-14-16-28-54(46)61/h2-37H,1H3. The van der Waals surface area contributed by atoms with Gasteiger partial charge in [0.1, 0.15) is 11.2 Å². The molecule has 0 saturated carbocycles. The number of nitrogens with zero attached hydrogens (tertiary/aromatic N) is 3. The third-order valence-electron chi connectivity index (χ3n) is 12.4. The Morgan fingerprint density at radius 2 is 1.00 bits per heavy atom. The normalized spacial score (nSPS) is 11.6. The molecule has 0 aliphatic heterocycles. The average Bonchev–Trinajstić information content (AvgIpc) is 3.88. The van der Waals surface area contributed by atoms with Crippen molar-refractivity contribution in [3.63, 3.8) is 0 Å². The summed E-state index contributed by atoms with van der Waals surface area (Å²) in [6.45, 7) is 2.18. The molecule has 0 bridgehead atoms. The number of anilines is 3. The Kier molecular flexibility index (Phi) is 8.36. The van der Waals surface area contributed by atoms with Gasteiger partial charge in [0.05, 0.1) is 28.1 Å². The molecule has 3 heterocycles. The molecule has 0 amide bonds. The maximum atomic E-state index is 6.79. The Hall–Kier alpha value is -8.21. The lowest BCUT2D eigenvalue weighted by atomic mass is 9.94. The number of fused-ring (bicyclic) bond motifs is 8. The highest BCUT2D eigenvalue weighted by molar-refractivity contribution is 6.20. The van der Waals surface area contributed by atoms with Crippen LogP contribution in [0.2, 0.25) is 0 Å². The van der Waals surface area contributed by atoms with Crippen LogP contribution in [-0.4, -0.2) is 9.55 Å². The lowest BCUT2D eigenvalue weighted by molar-refractivity contribution is 0.672. The fraction of sp³-hybridized carbons (Fsp3) is 0.0172. The van der Waals surface area contributed by atoms with Crippen LogP contribution in [0.5, 0.6) is 0 Å². The average molecular weight is 794 g/mol. The Morgan fingerprint density at radius 3 is 1.68 bits per heavy atom. The van der Waals surface area contributed by atoms with Crippen LogP contribution in [0.3, 0.4) is 0 Å². The van der Waals surface area contributed by atoms with E-state index >= 15 is 0 Å². The van der Waals surface area contributed by atoms with E-state index in [2.05, 4.69) is 235 Å². The van der Waals surface area contributed by atoms with Crippen molar-refractivity contribution in [3.8, 4) is 39.3 Å². The number of aromatic nitrogens is 2. The van der Waals surface area contributed by atoms with Crippen LogP contribution in [0.25, 0.3) is 93.8 Å². The molecule has 0 aliphatic carbocycles. The number of hydrogen-bond donors (Lipinski definition) is 0. The summed E-state index contributed by atoms with van der Waals surface area (Å²) < 4.78 is 9.16. The first-order chi connectivity index (χ1) is 30.7. The van der Waals surface area contributed by atoms with Crippen LogP contribution in [0.4, 0.5) is 17.1 Å². The predicted octanol–water partition coefficient (Wildman–Crippen LogP) is 16.0. The maximum Gasteiger partial charge on any atom is 0.143 e. The molecule has 0 spiro atoms. The molecule has 0 fully saturated rings. The van der Waals surface area contributed by atoms with Crippen LogP contribution in [0, 0.1) is 6.92 Å². The first-order valence-electron chi connectivity index (χ1n) is 21.1. The molecule has 0 aliphatic rings. The van der Waals surface area contributed by atoms with Crippen molar-refractivity contribution in [2.45, 2.75) is 6.92 Å². The summed E-state index contributed by atoms with van der Waals surface area (Å²) in [4.78, 5) is 7.74. The van der Waals surface area contributed by atoms with Crippen LogP contribution in [-0.2, 0) is 0 Å². The fourth-order valence-electron chi connectivity index (χ4n) is 9.43. The minimum absolute atomic E-state index is 0.839. The van der Waals surface area contributed by atoms with Gasteiger partial charge in [0, 0.05) is 60.5 Å². The van der Waals surface area contributed by atoms with E-state index in [0.717, 1.165) is 83.5 Å². The number of benzene rings is 9. The highest BCUT2D eigenvalue weighted by atomic mass is 16.3. The fourth-order valence-corrected chi connectivity index (χ4v) is 9.43. The second kappa shape index (κ2) is 14.5. The molecule has 0 atom stereocenters. The quantitative estimate of drug-likeness (QED) is 0.161. The van der Waals surface area contributed by atoms with Gasteiger partial charge in [0.15, 0.2) is 0 Å². The first-order valence-corrected chi connectivity index (χ1v) is 21.1. The summed E-state index contributed by atoms with van der Waals surface area (Å²) >= 11 is 0. The van der Waals surface area contributed by atoms with E-state index < -0.39 is 0 Å². The number of para-hydroxylation sites is 3.